The number of carbonyl (C=O) groups excluding carboxylic acids is 3. The van der Waals surface area contributed by atoms with Crippen molar-refractivity contribution in [3.8, 4) is 0 Å². The molecule has 1 aliphatic heterocycles. The predicted molar refractivity (Wildman–Crippen MR) is 100 cm³/mol. The molecule has 1 fully saturated rings. The fourth-order valence-corrected chi connectivity index (χ4v) is 3.04. The van der Waals surface area contributed by atoms with Crippen LogP contribution in [0.1, 0.15) is 23.0 Å². The van der Waals surface area contributed by atoms with E-state index in [9.17, 15) is 14.4 Å². The summed E-state index contributed by atoms with van der Waals surface area (Å²) < 4.78 is 0. The fourth-order valence-electron chi connectivity index (χ4n) is 3.04. The molecule has 4 rings (SSSR count). The highest BCUT2D eigenvalue weighted by molar-refractivity contribution is 6.07. The summed E-state index contributed by atoms with van der Waals surface area (Å²) in [5, 5.41) is 8.56. The van der Waals surface area contributed by atoms with Gasteiger partial charge in [0.1, 0.15) is 11.2 Å². The van der Waals surface area contributed by atoms with Crippen LogP contribution in [0.25, 0.3) is 10.9 Å². The molecule has 0 radical (unpaired) electrons. The molecule has 2 aromatic carbocycles. The first-order valence-corrected chi connectivity index (χ1v) is 8.37. The van der Waals surface area contributed by atoms with Crippen molar-refractivity contribution in [2.75, 3.05) is 5.32 Å². The summed E-state index contributed by atoms with van der Waals surface area (Å²) in [5.74, 6) is -0.796. The van der Waals surface area contributed by atoms with Gasteiger partial charge in [0, 0.05) is 11.1 Å². The number of urea groups is 1. The Kier molecular flexibility index (Phi) is 3.84. The molecule has 7 heteroatoms. The quantitative estimate of drug-likeness (QED) is 0.625. The zero-order valence-electron chi connectivity index (χ0n) is 14.4. The molecule has 2 heterocycles. The van der Waals surface area contributed by atoms with E-state index in [1.54, 1.807) is 37.3 Å². The topological polar surface area (TPSA) is 100 Å². The van der Waals surface area contributed by atoms with Gasteiger partial charge in [-0.3, -0.25) is 14.9 Å². The average Bonchev–Trinajstić information content (AvgIpc) is 2.94. The van der Waals surface area contributed by atoms with Crippen molar-refractivity contribution in [3.05, 3.63) is 71.9 Å². The Morgan fingerprint density at radius 2 is 1.85 bits per heavy atom. The zero-order chi connectivity index (χ0) is 19.0. The third-order valence-corrected chi connectivity index (χ3v) is 4.57. The number of imide groups is 1. The van der Waals surface area contributed by atoms with Crippen molar-refractivity contribution in [1.82, 2.24) is 15.6 Å². The van der Waals surface area contributed by atoms with Gasteiger partial charge in [-0.2, -0.15) is 0 Å². The number of anilines is 1. The maximum absolute atomic E-state index is 12.6. The summed E-state index contributed by atoms with van der Waals surface area (Å²) in [7, 11) is 0. The molecule has 1 saturated heterocycles. The van der Waals surface area contributed by atoms with Crippen LogP contribution in [0.3, 0.4) is 0 Å². The molecule has 4 amide bonds. The molecule has 134 valence electrons. The van der Waals surface area contributed by atoms with Gasteiger partial charge in [-0.25, -0.2) is 9.78 Å². The second-order valence-electron chi connectivity index (χ2n) is 6.46. The van der Waals surface area contributed by atoms with Crippen molar-refractivity contribution in [1.29, 1.82) is 0 Å². The normalized spacial score (nSPS) is 18.9. The van der Waals surface area contributed by atoms with E-state index in [2.05, 4.69) is 20.9 Å². The number of hydrogen-bond donors (Lipinski definition) is 3. The SMILES string of the molecule is CC1(c2cccc(NC(=O)c3ccc4ccccc4n3)c2)NC(=O)NC1=O. The molecule has 0 bridgehead atoms. The minimum Gasteiger partial charge on any atom is -0.321 e. The molecule has 1 unspecified atom stereocenters. The third kappa shape index (κ3) is 2.99. The first-order valence-electron chi connectivity index (χ1n) is 8.37. The minimum absolute atomic E-state index is 0.289. The lowest BCUT2D eigenvalue weighted by atomic mass is 9.92. The van der Waals surface area contributed by atoms with Gasteiger partial charge in [-0.15, -0.1) is 0 Å². The maximum Gasteiger partial charge on any atom is 0.322 e. The number of hydrogen-bond acceptors (Lipinski definition) is 4. The highest BCUT2D eigenvalue weighted by atomic mass is 16.2. The van der Waals surface area contributed by atoms with Gasteiger partial charge in [0.15, 0.2) is 0 Å². The number of pyridine rings is 1. The second kappa shape index (κ2) is 6.21. The van der Waals surface area contributed by atoms with Crippen LogP contribution in [0, 0.1) is 0 Å². The number of rotatable bonds is 3. The summed E-state index contributed by atoms with van der Waals surface area (Å²) in [6.45, 7) is 1.61. The number of aromatic nitrogens is 1. The van der Waals surface area contributed by atoms with Crippen LogP contribution in [0.2, 0.25) is 0 Å². The molecule has 3 aromatic rings. The van der Waals surface area contributed by atoms with Crippen LogP contribution in [-0.4, -0.2) is 22.8 Å². The summed E-state index contributed by atoms with van der Waals surface area (Å²) in [4.78, 5) is 40.5. The third-order valence-electron chi connectivity index (χ3n) is 4.57. The standard InChI is InChI=1S/C20H16N4O3/c1-20(18(26)23-19(27)24-20)13-6-4-7-14(11-13)21-17(25)16-10-9-12-5-2-3-8-15(12)22-16/h2-11H,1H3,(H,21,25)(H2,23,24,26,27). The lowest BCUT2D eigenvalue weighted by Gasteiger charge is -2.21. The zero-order valence-corrected chi connectivity index (χ0v) is 14.4. The monoisotopic (exact) mass is 360 g/mol. The largest absolute Gasteiger partial charge is 0.322 e. The number of carbonyl (C=O) groups is 3. The van der Waals surface area contributed by atoms with Gasteiger partial charge in [0.05, 0.1) is 5.52 Å². The average molecular weight is 360 g/mol. The Balaban J connectivity index is 1.60. The van der Waals surface area contributed by atoms with E-state index in [1.165, 1.54) is 0 Å². The number of para-hydroxylation sites is 1. The van der Waals surface area contributed by atoms with Crippen molar-refractivity contribution in [2.45, 2.75) is 12.5 Å². The van der Waals surface area contributed by atoms with Crippen LogP contribution in [-0.2, 0) is 10.3 Å². The van der Waals surface area contributed by atoms with E-state index >= 15 is 0 Å². The summed E-state index contributed by atoms with van der Waals surface area (Å²) >= 11 is 0. The maximum atomic E-state index is 12.6. The van der Waals surface area contributed by atoms with Gasteiger partial charge in [0.25, 0.3) is 11.8 Å². The van der Waals surface area contributed by atoms with Crippen molar-refractivity contribution in [3.63, 3.8) is 0 Å². The van der Waals surface area contributed by atoms with Gasteiger partial charge in [-0.05, 0) is 36.8 Å². The molecular formula is C20H16N4O3. The summed E-state index contributed by atoms with van der Waals surface area (Å²) in [6.07, 6.45) is 0. The Labute approximate surface area is 154 Å². The molecule has 1 atom stereocenters. The lowest BCUT2D eigenvalue weighted by Crippen LogP contribution is -2.40. The van der Waals surface area contributed by atoms with E-state index in [0.717, 1.165) is 10.9 Å². The lowest BCUT2D eigenvalue weighted by molar-refractivity contribution is -0.123. The van der Waals surface area contributed by atoms with E-state index in [0.29, 0.717) is 11.3 Å². The molecular weight excluding hydrogens is 344 g/mol. The van der Waals surface area contributed by atoms with E-state index < -0.39 is 17.5 Å². The van der Waals surface area contributed by atoms with Crippen LogP contribution in [0.5, 0.6) is 0 Å². The molecule has 0 aliphatic carbocycles. The number of amides is 4. The van der Waals surface area contributed by atoms with E-state index in [4.69, 9.17) is 0 Å². The van der Waals surface area contributed by atoms with Gasteiger partial charge in [-0.1, -0.05) is 36.4 Å². The second-order valence-corrected chi connectivity index (χ2v) is 6.46. The molecule has 0 spiro atoms. The van der Waals surface area contributed by atoms with Gasteiger partial charge in [0.2, 0.25) is 0 Å². The Morgan fingerprint density at radius 3 is 2.63 bits per heavy atom. The predicted octanol–water partition coefficient (Wildman–Crippen LogP) is 2.54. The first kappa shape index (κ1) is 16.7. The van der Waals surface area contributed by atoms with Gasteiger partial charge >= 0.3 is 6.03 Å². The van der Waals surface area contributed by atoms with Crippen LogP contribution >= 0.6 is 0 Å². The number of nitrogens with one attached hydrogen (secondary N) is 3. The highest BCUT2D eigenvalue weighted by Gasteiger charge is 2.43. The minimum atomic E-state index is -1.18. The Bertz CT molecular complexity index is 1100. The van der Waals surface area contributed by atoms with Crippen LogP contribution in [0.15, 0.2) is 60.7 Å². The van der Waals surface area contributed by atoms with Crippen molar-refractivity contribution >= 4 is 34.4 Å². The number of nitrogens with zero attached hydrogens (tertiary/aromatic N) is 1. The van der Waals surface area contributed by atoms with Crippen molar-refractivity contribution < 1.29 is 14.4 Å². The van der Waals surface area contributed by atoms with Crippen LogP contribution in [0.4, 0.5) is 10.5 Å². The number of benzene rings is 2. The molecule has 1 aromatic heterocycles. The first-order chi connectivity index (χ1) is 13.0. The van der Waals surface area contributed by atoms with E-state index in [1.807, 2.05) is 30.3 Å². The molecule has 27 heavy (non-hydrogen) atoms. The Morgan fingerprint density at radius 1 is 1.04 bits per heavy atom. The fraction of sp³-hybridized carbons (Fsp3) is 0.100. The van der Waals surface area contributed by atoms with Gasteiger partial charge < -0.3 is 10.6 Å². The smallest absolute Gasteiger partial charge is 0.321 e. The summed E-state index contributed by atoms with van der Waals surface area (Å²) in [5.41, 5.74) is 0.908. The molecule has 7 nitrogen and oxygen atoms in total. The molecule has 1 aliphatic rings. The highest BCUT2D eigenvalue weighted by Crippen LogP contribution is 2.26. The number of fused-ring (bicyclic) bond motifs is 1. The van der Waals surface area contributed by atoms with Crippen molar-refractivity contribution in [2.24, 2.45) is 0 Å². The van der Waals surface area contributed by atoms with E-state index in [-0.39, 0.29) is 11.6 Å². The summed E-state index contributed by atoms with van der Waals surface area (Å²) in [6, 6.07) is 17.3. The molecule has 0 saturated carbocycles. The van der Waals surface area contributed by atoms with Crippen LogP contribution < -0.4 is 16.0 Å². The molecule has 3 N–H and O–H groups in total. The Hall–Kier alpha value is -3.74.